The number of ether oxygens (including phenoxy) is 1. The van der Waals surface area contributed by atoms with Crippen molar-refractivity contribution in [1.82, 2.24) is 10.2 Å². The van der Waals surface area contributed by atoms with Crippen molar-refractivity contribution in [3.8, 4) is 0 Å². The molecule has 100 valence electrons. The van der Waals surface area contributed by atoms with Gasteiger partial charge in [0.2, 0.25) is 0 Å². The normalized spacial score (nSPS) is 21.4. The van der Waals surface area contributed by atoms with E-state index in [2.05, 4.69) is 48.5 Å². The average molecular weight is 248 g/mol. The van der Waals surface area contributed by atoms with Crippen LogP contribution < -0.4 is 5.32 Å². The minimum atomic E-state index is 0.436. The largest absolute Gasteiger partial charge is 0.383 e. The van der Waals surface area contributed by atoms with Crippen molar-refractivity contribution in [2.45, 2.75) is 32.0 Å². The summed E-state index contributed by atoms with van der Waals surface area (Å²) in [5.74, 6) is 0. The van der Waals surface area contributed by atoms with Gasteiger partial charge in [0.05, 0.1) is 6.61 Å². The predicted molar refractivity (Wildman–Crippen MR) is 74.6 cm³/mol. The molecule has 1 aliphatic rings. The molecule has 0 saturated heterocycles. The van der Waals surface area contributed by atoms with Crippen LogP contribution in [0, 0.1) is 0 Å². The van der Waals surface area contributed by atoms with Crippen molar-refractivity contribution < 1.29 is 4.74 Å². The summed E-state index contributed by atoms with van der Waals surface area (Å²) in [6.45, 7) is 5.07. The van der Waals surface area contributed by atoms with E-state index in [1.807, 2.05) is 0 Å². The van der Waals surface area contributed by atoms with Crippen molar-refractivity contribution in [3.63, 3.8) is 0 Å². The van der Waals surface area contributed by atoms with Crippen molar-refractivity contribution in [2.24, 2.45) is 0 Å². The molecule has 0 saturated carbocycles. The van der Waals surface area contributed by atoms with Crippen molar-refractivity contribution in [2.75, 3.05) is 27.3 Å². The predicted octanol–water partition coefficient (Wildman–Crippen LogP) is 2.19. The molecule has 2 rings (SSSR count). The van der Waals surface area contributed by atoms with E-state index in [4.69, 9.17) is 4.74 Å². The number of hydrogen-bond donors (Lipinski definition) is 1. The lowest BCUT2D eigenvalue weighted by Crippen LogP contribution is -2.36. The third-order valence-electron chi connectivity index (χ3n) is 3.92. The molecule has 0 aromatic heterocycles. The second kappa shape index (κ2) is 6.32. The highest BCUT2D eigenvalue weighted by molar-refractivity contribution is 5.31. The minimum absolute atomic E-state index is 0.436. The number of nitrogens with zero attached hydrogens (tertiary/aromatic N) is 1. The summed E-state index contributed by atoms with van der Waals surface area (Å²) < 4.78 is 5.28. The molecule has 2 unspecified atom stereocenters. The molecule has 2 atom stereocenters. The van der Waals surface area contributed by atoms with Crippen LogP contribution in [-0.2, 0) is 11.3 Å². The molecule has 3 nitrogen and oxygen atoms in total. The average Bonchev–Trinajstić information content (AvgIpc) is 2.60. The Hall–Kier alpha value is -0.900. The number of fused-ring (bicyclic) bond motifs is 1. The zero-order chi connectivity index (χ0) is 13.0. The first-order chi connectivity index (χ1) is 8.74. The third-order valence-corrected chi connectivity index (χ3v) is 3.92. The van der Waals surface area contributed by atoms with Gasteiger partial charge in [-0.2, -0.15) is 0 Å². The summed E-state index contributed by atoms with van der Waals surface area (Å²) in [6, 6.07) is 9.69. The monoisotopic (exact) mass is 248 g/mol. The fourth-order valence-corrected chi connectivity index (χ4v) is 2.73. The molecule has 0 bridgehead atoms. The van der Waals surface area contributed by atoms with E-state index in [1.165, 1.54) is 11.1 Å². The van der Waals surface area contributed by atoms with E-state index in [0.717, 1.165) is 26.1 Å². The first kappa shape index (κ1) is 13.5. The highest BCUT2D eigenvalue weighted by atomic mass is 16.5. The Morgan fingerprint density at radius 1 is 1.44 bits per heavy atom. The lowest BCUT2D eigenvalue weighted by atomic mass is 9.97. The van der Waals surface area contributed by atoms with Gasteiger partial charge < -0.3 is 10.1 Å². The Kier molecular flexibility index (Phi) is 4.75. The summed E-state index contributed by atoms with van der Waals surface area (Å²) in [5.41, 5.74) is 2.89. The third kappa shape index (κ3) is 2.91. The quantitative estimate of drug-likeness (QED) is 0.884. The molecule has 0 spiro atoms. The fourth-order valence-electron chi connectivity index (χ4n) is 2.73. The van der Waals surface area contributed by atoms with Crippen LogP contribution in [0.2, 0.25) is 0 Å². The maximum Gasteiger partial charge on any atom is 0.0615 e. The molecule has 1 aliphatic heterocycles. The van der Waals surface area contributed by atoms with Crippen molar-refractivity contribution in [3.05, 3.63) is 35.4 Å². The van der Waals surface area contributed by atoms with Crippen LogP contribution in [0.1, 0.15) is 30.5 Å². The van der Waals surface area contributed by atoms with Gasteiger partial charge in [-0.25, -0.2) is 0 Å². The molecule has 0 radical (unpaired) electrons. The minimum Gasteiger partial charge on any atom is -0.383 e. The molecule has 0 amide bonds. The maximum absolute atomic E-state index is 5.28. The number of hydrogen-bond acceptors (Lipinski definition) is 3. The van der Waals surface area contributed by atoms with E-state index >= 15 is 0 Å². The van der Waals surface area contributed by atoms with Crippen LogP contribution in [0.5, 0.6) is 0 Å². The number of rotatable bonds is 4. The number of likely N-dealkylation sites (N-methyl/N-ethyl adjacent to an activating group) is 1. The van der Waals surface area contributed by atoms with E-state index < -0.39 is 0 Å². The SMILES string of the molecule is COCC(C)N(C)C1CCNCc2ccccc21. The molecule has 1 aromatic carbocycles. The topological polar surface area (TPSA) is 24.5 Å². The number of nitrogens with one attached hydrogen (secondary N) is 1. The zero-order valence-corrected chi connectivity index (χ0v) is 11.6. The van der Waals surface area contributed by atoms with Crippen molar-refractivity contribution in [1.29, 1.82) is 0 Å². The smallest absolute Gasteiger partial charge is 0.0615 e. The van der Waals surface area contributed by atoms with Gasteiger partial charge in [0.1, 0.15) is 0 Å². The lowest BCUT2D eigenvalue weighted by Gasteiger charge is -2.33. The molecular weight excluding hydrogens is 224 g/mol. The van der Waals surface area contributed by atoms with Gasteiger partial charge >= 0.3 is 0 Å². The molecule has 18 heavy (non-hydrogen) atoms. The van der Waals surface area contributed by atoms with Crippen LogP contribution in [0.15, 0.2) is 24.3 Å². The van der Waals surface area contributed by atoms with Gasteiger partial charge in [-0.05, 0) is 38.1 Å². The summed E-state index contributed by atoms with van der Waals surface area (Å²) in [5, 5.41) is 3.50. The zero-order valence-electron chi connectivity index (χ0n) is 11.6. The number of benzene rings is 1. The molecular formula is C15H24N2O. The van der Waals surface area contributed by atoms with Gasteiger partial charge in [0, 0.05) is 25.7 Å². The van der Waals surface area contributed by atoms with Crippen LogP contribution in [0.25, 0.3) is 0 Å². The van der Waals surface area contributed by atoms with Gasteiger partial charge in [-0.1, -0.05) is 24.3 Å². The first-order valence-electron chi connectivity index (χ1n) is 6.73. The van der Waals surface area contributed by atoms with Gasteiger partial charge in [0.15, 0.2) is 0 Å². The number of methoxy groups -OCH3 is 1. The highest BCUT2D eigenvalue weighted by Gasteiger charge is 2.24. The second-order valence-corrected chi connectivity index (χ2v) is 5.15. The summed E-state index contributed by atoms with van der Waals surface area (Å²) in [4.78, 5) is 2.44. The van der Waals surface area contributed by atoms with Crippen molar-refractivity contribution >= 4 is 0 Å². The van der Waals surface area contributed by atoms with E-state index in [0.29, 0.717) is 12.1 Å². The molecule has 0 aliphatic carbocycles. The summed E-state index contributed by atoms with van der Waals surface area (Å²) in [6.07, 6.45) is 1.15. The molecule has 1 aromatic rings. The van der Waals surface area contributed by atoms with Gasteiger partial charge in [0.25, 0.3) is 0 Å². The Morgan fingerprint density at radius 3 is 3.00 bits per heavy atom. The Bertz CT molecular complexity index is 381. The van der Waals surface area contributed by atoms with Crippen LogP contribution in [-0.4, -0.2) is 38.3 Å². The van der Waals surface area contributed by atoms with E-state index in [-0.39, 0.29) is 0 Å². The molecule has 0 fully saturated rings. The first-order valence-corrected chi connectivity index (χ1v) is 6.73. The fraction of sp³-hybridized carbons (Fsp3) is 0.600. The van der Waals surface area contributed by atoms with Crippen LogP contribution >= 0.6 is 0 Å². The Labute approximate surface area is 110 Å². The maximum atomic E-state index is 5.28. The molecule has 3 heteroatoms. The van der Waals surface area contributed by atoms with E-state index in [1.54, 1.807) is 7.11 Å². The van der Waals surface area contributed by atoms with Gasteiger partial charge in [-0.3, -0.25) is 4.90 Å². The summed E-state index contributed by atoms with van der Waals surface area (Å²) >= 11 is 0. The molecule has 1 heterocycles. The second-order valence-electron chi connectivity index (χ2n) is 5.15. The Morgan fingerprint density at radius 2 is 2.22 bits per heavy atom. The van der Waals surface area contributed by atoms with Crippen LogP contribution in [0.4, 0.5) is 0 Å². The lowest BCUT2D eigenvalue weighted by molar-refractivity contribution is 0.0866. The van der Waals surface area contributed by atoms with E-state index in [9.17, 15) is 0 Å². The summed E-state index contributed by atoms with van der Waals surface area (Å²) in [7, 11) is 3.98. The molecule has 1 N–H and O–H groups in total. The highest BCUT2D eigenvalue weighted by Crippen LogP contribution is 2.29. The van der Waals surface area contributed by atoms with Gasteiger partial charge in [-0.15, -0.1) is 0 Å². The standard InChI is InChI=1S/C15H24N2O/c1-12(11-18-3)17(2)15-8-9-16-10-13-6-4-5-7-14(13)15/h4-7,12,15-16H,8-11H2,1-3H3. The Balaban J connectivity index is 2.21. The van der Waals surface area contributed by atoms with Crippen LogP contribution in [0.3, 0.4) is 0 Å².